The van der Waals surface area contributed by atoms with Crippen molar-refractivity contribution in [2.24, 2.45) is 17.4 Å². The lowest BCUT2D eigenvalue weighted by Gasteiger charge is -2.24. The van der Waals surface area contributed by atoms with Crippen LogP contribution in [-0.2, 0) is 30.4 Å². The number of carboxylic acid groups (broad SMARTS) is 1. The van der Waals surface area contributed by atoms with E-state index in [1.165, 1.54) is 12.5 Å². The van der Waals surface area contributed by atoms with E-state index >= 15 is 0 Å². The number of carbonyl (C=O) groups excluding carboxylic acids is 4. The number of nitrogens with two attached hydrogens (primary N) is 2. The van der Waals surface area contributed by atoms with Gasteiger partial charge in [0.25, 0.3) is 0 Å². The Bertz CT molecular complexity index is 782. The second-order valence-electron chi connectivity index (χ2n) is 7.11. The van der Waals surface area contributed by atoms with E-state index in [4.69, 9.17) is 11.5 Å². The summed E-state index contributed by atoms with van der Waals surface area (Å²) in [6, 6.07) is -3.47. The maximum Gasteiger partial charge on any atom is 0.326 e. The fourth-order valence-electron chi connectivity index (χ4n) is 2.62. The lowest BCUT2D eigenvalue weighted by molar-refractivity contribution is -0.143. The Kier molecular flexibility index (Phi) is 10.1. The molecule has 0 aliphatic rings. The number of hydrogen-bond acceptors (Lipinski definition) is 7. The Balaban J connectivity index is 2.80. The van der Waals surface area contributed by atoms with E-state index in [-0.39, 0.29) is 18.8 Å². The van der Waals surface area contributed by atoms with Crippen molar-refractivity contribution in [1.29, 1.82) is 0 Å². The zero-order valence-electron chi connectivity index (χ0n) is 17.4. The number of carboxylic acids is 1. The number of amides is 4. The maximum absolute atomic E-state index is 12.7. The molecular weight excluding hydrogens is 410 g/mol. The molecule has 0 spiro atoms. The molecule has 31 heavy (non-hydrogen) atoms. The quantitative estimate of drug-likeness (QED) is 0.172. The van der Waals surface area contributed by atoms with Crippen molar-refractivity contribution in [3.8, 4) is 0 Å². The lowest BCUT2D eigenvalue weighted by Crippen LogP contribution is -2.55. The zero-order chi connectivity index (χ0) is 23.6. The van der Waals surface area contributed by atoms with Gasteiger partial charge in [-0.2, -0.15) is 0 Å². The summed E-state index contributed by atoms with van der Waals surface area (Å²) in [5, 5.41) is 16.5. The molecule has 0 saturated carbocycles. The van der Waals surface area contributed by atoms with E-state index in [2.05, 4.69) is 25.9 Å². The predicted molar refractivity (Wildman–Crippen MR) is 108 cm³/mol. The number of nitrogens with one attached hydrogen (secondary N) is 4. The summed E-state index contributed by atoms with van der Waals surface area (Å²) < 4.78 is 0. The van der Waals surface area contributed by atoms with Crippen LogP contribution >= 0.6 is 0 Å². The number of aromatic nitrogens is 2. The van der Waals surface area contributed by atoms with E-state index in [1.807, 2.05) is 0 Å². The molecule has 4 amide bonds. The Morgan fingerprint density at radius 1 is 1.19 bits per heavy atom. The summed E-state index contributed by atoms with van der Waals surface area (Å²) in [6.07, 6.45) is 3.00. The molecule has 13 heteroatoms. The smallest absolute Gasteiger partial charge is 0.326 e. The Labute approximate surface area is 178 Å². The number of rotatable bonds is 13. The number of imidazole rings is 1. The number of aliphatic carboxylic acids is 1. The fourth-order valence-corrected chi connectivity index (χ4v) is 2.62. The van der Waals surface area contributed by atoms with E-state index < -0.39 is 54.3 Å². The molecule has 1 aromatic heterocycles. The normalized spacial score (nSPS) is 14.5. The van der Waals surface area contributed by atoms with Gasteiger partial charge in [0.05, 0.1) is 25.3 Å². The summed E-state index contributed by atoms with van der Waals surface area (Å²) in [5.41, 5.74) is 11.0. The van der Waals surface area contributed by atoms with Gasteiger partial charge in [0.2, 0.25) is 23.6 Å². The average molecular weight is 439 g/mol. The summed E-state index contributed by atoms with van der Waals surface area (Å²) in [4.78, 5) is 65.8. The molecule has 0 fully saturated rings. The largest absolute Gasteiger partial charge is 0.480 e. The molecule has 1 rings (SSSR count). The van der Waals surface area contributed by atoms with Crippen molar-refractivity contribution in [2.45, 2.75) is 51.2 Å². The van der Waals surface area contributed by atoms with Crippen molar-refractivity contribution >= 4 is 29.6 Å². The summed E-state index contributed by atoms with van der Waals surface area (Å²) in [6.45, 7) is 2.97. The van der Waals surface area contributed by atoms with Crippen molar-refractivity contribution < 1.29 is 29.1 Å². The molecule has 4 atom stereocenters. The van der Waals surface area contributed by atoms with Gasteiger partial charge in [0.1, 0.15) is 12.1 Å². The van der Waals surface area contributed by atoms with Gasteiger partial charge in [-0.05, 0) is 5.92 Å². The first kappa shape index (κ1) is 25.6. The van der Waals surface area contributed by atoms with Crippen LogP contribution in [0.4, 0.5) is 0 Å². The third-order valence-electron chi connectivity index (χ3n) is 4.59. The van der Waals surface area contributed by atoms with E-state index in [0.717, 1.165) is 0 Å². The van der Waals surface area contributed by atoms with Crippen molar-refractivity contribution in [3.63, 3.8) is 0 Å². The minimum atomic E-state index is -1.21. The molecule has 13 nitrogen and oxygen atoms in total. The third kappa shape index (κ3) is 8.82. The van der Waals surface area contributed by atoms with Crippen molar-refractivity contribution in [1.82, 2.24) is 25.9 Å². The van der Waals surface area contributed by atoms with Crippen LogP contribution < -0.4 is 27.4 Å². The van der Waals surface area contributed by atoms with Gasteiger partial charge in [-0.1, -0.05) is 20.3 Å². The van der Waals surface area contributed by atoms with Gasteiger partial charge in [-0.15, -0.1) is 0 Å². The highest BCUT2D eigenvalue weighted by Gasteiger charge is 2.30. The lowest BCUT2D eigenvalue weighted by atomic mass is 9.98. The summed E-state index contributed by atoms with van der Waals surface area (Å²) in [5.74, 6) is -4.47. The first-order valence-electron chi connectivity index (χ1n) is 9.66. The highest BCUT2D eigenvalue weighted by molar-refractivity contribution is 5.93. The zero-order valence-corrected chi connectivity index (χ0v) is 17.4. The number of hydrogen-bond donors (Lipinski definition) is 7. The minimum absolute atomic E-state index is 0.0134. The van der Waals surface area contributed by atoms with Crippen LogP contribution in [0.1, 0.15) is 32.4 Å². The van der Waals surface area contributed by atoms with Gasteiger partial charge < -0.3 is 37.5 Å². The number of H-pyrrole nitrogens is 1. The minimum Gasteiger partial charge on any atom is -0.480 e. The molecule has 0 aromatic carbocycles. The molecule has 4 unspecified atom stereocenters. The standard InChI is InChI=1S/C18H29N7O6/c1-3-9(2)15(18(30)31)25-17(29)12(4-10-6-21-8-23-10)24-14(27)7-22-16(28)11(19)5-13(20)26/h6,8-9,11-12,15H,3-5,7,19H2,1-2H3,(H2,20,26)(H,21,23)(H,22,28)(H,24,27)(H,25,29)(H,30,31). The van der Waals surface area contributed by atoms with E-state index in [0.29, 0.717) is 12.1 Å². The van der Waals surface area contributed by atoms with E-state index in [1.54, 1.807) is 13.8 Å². The van der Waals surface area contributed by atoms with Gasteiger partial charge in [0, 0.05) is 18.3 Å². The second kappa shape index (κ2) is 12.3. The van der Waals surface area contributed by atoms with Crippen LogP contribution in [0, 0.1) is 5.92 Å². The van der Waals surface area contributed by atoms with Gasteiger partial charge in [-0.3, -0.25) is 19.2 Å². The fraction of sp³-hybridized carbons (Fsp3) is 0.556. The number of primary amides is 1. The highest BCUT2D eigenvalue weighted by atomic mass is 16.4. The van der Waals surface area contributed by atoms with Crippen LogP contribution in [0.25, 0.3) is 0 Å². The van der Waals surface area contributed by atoms with Gasteiger partial charge >= 0.3 is 5.97 Å². The first-order chi connectivity index (χ1) is 14.5. The third-order valence-corrected chi connectivity index (χ3v) is 4.59. The molecule has 0 saturated heterocycles. The summed E-state index contributed by atoms with van der Waals surface area (Å²) in [7, 11) is 0. The predicted octanol–water partition coefficient (Wildman–Crippen LogP) is -2.63. The van der Waals surface area contributed by atoms with Crippen molar-refractivity contribution in [3.05, 3.63) is 18.2 Å². The van der Waals surface area contributed by atoms with Crippen molar-refractivity contribution in [2.75, 3.05) is 6.54 Å². The molecule has 0 aliphatic carbocycles. The first-order valence-corrected chi connectivity index (χ1v) is 9.66. The summed E-state index contributed by atoms with van der Waals surface area (Å²) >= 11 is 0. The topological polar surface area (TPSA) is 222 Å². The SMILES string of the molecule is CCC(C)C(NC(=O)C(Cc1cnc[nH]1)NC(=O)CNC(=O)C(N)CC(N)=O)C(=O)O. The Morgan fingerprint density at radius 3 is 2.39 bits per heavy atom. The Hall–Kier alpha value is -3.48. The van der Waals surface area contributed by atoms with Crippen LogP contribution in [0.15, 0.2) is 12.5 Å². The van der Waals surface area contributed by atoms with Crippen LogP contribution in [0.3, 0.4) is 0 Å². The molecule has 1 aromatic rings. The monoisotopic (exact) mass is 439 g/mol. The van der Waals surface area contributed by atoms with Gasteiger partial charge in [-0.25, -0.2) is 9.78 Å². The highest BCUT2D eigenvalue weighted by Crippen LogP contribution is 2.09. The molecule has 0 radical (unpaired) electrons. The van der Waals surface area contributed by atoms with Crippen LogP contribution in [-0.4, -0.2) is 69.3 Å². The van der Waals surface area contributed by atoms with Crippen LogP contribution in [0.5, 0.6) is 0 Å². The number of aromatic amines is 1. The average Bonchev–Trinajstić information content (AvgIpc) is 3.21. The van der Waals surface area contributed by atoms with Crippen LogP contribution in [0.2, 0.25) is 0 Å². The second-order valence-corrected chi connectivity index (χ2v) is 7.11. The number of nitrogens with zero attached hydrogens (tertiary/aromatic N) is 1. The molecule has 9 N–H and O–H groups in total. The van der Waals surface area contributed by atoms with Gasteiger partial charge in [0.15, 0.2) is 0 Å². The molecule has 0 bridgehead atoms. The molecule has 0 aliphatic heterocycles. The van der Waals surface area contributed by atoms with E-state index in [9.17, 15) is 29.1 Å². The Morgan fingerprint density at radius 2 is 1.87 bits per heavy atom. The molecule has 172 valence electrons. The molecule has 1 heterocycles. The number of carbonyl (C=O) groups is 5. The molecular formula is C18H29N7O6. The maximum atomic E-state index is 12.7.